The third-order valence-electron chi connectivity index (χ3n) is 5.78. The molecule has 0 aliphatic heterocycles. The molecular weight excluding hydrogens is 442 g/mol. The lowest BCUT2D eigenvalue weighted by molar-refractivity contribution is 0.0520. The first-order chi connectivity index (χ1) is 17.2. The second kappa shape index (κ2) is 9.84. The molecule has 0 aliphatic rings. The van der Waals surface area contributed by atoms with Crippen molar-refractivity contribution >= 4 is 17.1 Å². The number of imidazole rings is 1. The Morgan fingerprint density at radius 1 is 0.971 bits per heavy atom. The van der Waals surface area contributed by atoms with Crippen molar-refractivity contribution in [3.63, 3.8) is 0 Å². The Morgan fingerprint density at radius 2 is 1.77 bits per heavy atom. The van der Waals surface area contributed by atoms with Crippen molar-refractivity contribution in [3.8, 4) is 22.5 Å². The average molecular weight is 468 g/mol. The number of hydrogen-bond acceptors (Lipinski definition) is 7. The largest absolute Gasteiger partial charge is 0.461 e. The molecule has 9 heteroatoms. The smallest absolute Gasteiger partial charge is 0.357 e. The van der Waals surface area contributed by atoms with Gasteiger partial charge in [-0.1, -0.05) is 55.5 Å². The van der Waals surface area contributed by atoms with Crippen molar-refractivity contribution < 1.29 is 9.53 Å². The van der Waals surface area contributed by atoms with E-state index >= 15 is 0 Å². The number of rotatable bonds is 8. The third-order valence-corrected chi connectivity index (χ3v) is 5.78. The number of carbonyl (C=O) groups excluding carboxylic acids is 1. The quantitative estimate of drug-likeness (QED) is 0.335. The maximum Gasteiger partial charge on any atom is 0.357 e. The van der Waals surface area contributed by atoms with Crippen LogP contribution in [0.5, 0.6) is 0 Å². The maximum absolute atomic E-state index is 12.1. The zero-order chi connectivity index (χ0) is 24.2. The molecule has 0 spiro atoms. The molecule has 5 rings (SSSR count). The van der Waals surface area contributed by atoms with Crippen LogP contribution in [-0.2, 0) is 17.7 Å². The van der Waals surface area contributed by atoms with Crippen LogP contribution in [-0.4, -0.2) is 47.7 Å². The summed E-state index contributed by atoms with van der Waals surface area (Å²) in [5.74, 6) is 1.15. The SMILES string of the molecule is CCCc1nc2nc(C(=O)OCC)ccc2n1Cc1ccc(-c2ccccc2-c2nnn[nH]2)cc1. The Hall–Kier alpha value is -4.40. The third kappa shape index (κ3) is 4.52. The lowest BCUT2D eigenvalue weighted by atomic mass is 9.98. The molecule has 35 heavy (non-hydrogen) atoms. The zero-order valence-electron chi connectivity index (χ0n) is 19.6. The molecule has 5 aromatic rings. The number of aryl methyl sites for hydroxylation is 1. The van der Waals surface area contributed by atoms with E-state index in [1.807, 2.05) is 24.3 Å². The second-order valence-corrected chi connectivity index (χ2v) is 8.12. The number of aromatic nitrogens is 7. The minimum absolute atomic E-state index is 0.275. The zero-order valence-corrected chi connectivity index (χ0v) is 19.6. The first kappa shape index (κ1) is 22.4. The van der Waals surface area contributed by atoms with Gasteiger partial charge in [0.25, 0.3) is 0 Å². The highest BCUT2D eigenvalue weighted by atomic mass is 16.5. The standard InChI is InChI=1S/C26H25N7O2/c1-3-7-23-28-25-22(15-14-21(27-25)26(34)35-4-2)33(23)16-17-10-12-18(13-11-17)19-8-5-6-9-20(19)24-29-31-32-30-24/h5-6,8-15H,3-4,7,16H2,1-2H3,(H,29,30,31,32). The second-order valence-electron chi connectivity index (χ2n) is 8.12. The Kier molecular flexibility index (Phi) is 6.30. The van der Waals surface area contributed by atoms with E-state index in [2.05, 4.69) is 67.4 Å². The molecule has 0 fully saturated rings. The maximum atomic E-state index is 12.1. The molecule has 0 aliphatic carbocycles. The van der Waals surface area contributed by atoms with Gasteiger partial charge in [0.2, 0.25) is 0 Å². The van der Waals surface area contributed by atoms with Crippen LogP contribution < -0.4 is 0 Å². The van der Waals surface area contributed by atoms with Crippen LogP contribution >= 0.6 is 0 Å². The number of ether oxygens (including phenoxy) is 1. The summed E-state index contributed by atoms with van der Waals surface area (Å²) in [6, 6.07) is 20.1. The number of esters is 1. The van der Waals surface area contributed by atoms with Crippen LogP contribution in [0.3, 0.4) is 0 Å². The van der Waals surface area contributed by atoms with E-state index in [-0.39, 0.29) is 5.69 Å². The molecule has 0 saturated carbocycles. The number of benzene rings is 2. The lowest BCUT2D eigenvalue weighted by Crippen LogP contribution is -2.07. The van der Waals surface area contributed by atoms with Gasteiger partial charge < -0.3 is 9.30 Å². The Labute approximate surface area is 202 Å². The highest BCUT2D eigenvalue weighted by Gasteiger charge is 2.16. The summed E-state index contributed by atoms with van der Waals surface area (Å²) in [7, 11) is 0. The van der Waals surface area contributed by atoms with Gasteiger partial charge in [-0.2, -0.15) is 0 Å². The van der Waals surface area contributed by atoms with E-state index in [4.69, 9.17) is 9.72 Å². The molecule has 0 saturated heterocycles. The highest BCUT2D eigenvalue weighted by Crippen LogP contribution is 2.30. The predicted molar refractivity (Wildman–Crippen MR) is 132 cm³/mol. The number of fused-ring (bicyclic) bond motifs is 1. The van der Waals surface area contributed by atoms with Gasteiger partial charge in [-0.15, -0.1) is 5.10 Å². The van der Waals surface area contributed by atoms with Crippen LogP contribution in [0.2, 0.25) is 0 Å². The van der Waals surface area contributed by atoms with E-state index < -0.39 is 5.97 Å². The number of hydrogen-bond donors (Lipinski definition) is 1. The molecule has 176 valence electrons. The molecule has 0 atom stereocenters. The van der Waals surface area contributed by atoms with Crippen LogP contribution in [0.25, 0.3) is 33.7 Å². The Morgan fingerprint density at radius 3 is 2.49 bits per heavy atom. The molecule has 0 radical (unpaired) electrons. The summed E-state index contributed by atoms with van der Waals surface area (Å²) in [5.41, 5.74) is 5.94. The van der Waals surface area contributed by atoms with Crippen molar-refractivity contribution in [1.29, 1.82) is 0 Å². The van der Waals surface area contributed by atoms with E-state index in [1.54, 1.807) is 13.0 Å². The molecule has 0 amide bonds. The summed E-state index contributed by atoms with van der Waals surface area (Å²) >= 11 is 0. The molecule has 2 aromatic carbocycles. The summed E-state index contributed by atoms with van der Waals surface area (Å²) in [5, 5.41) is 14.3. The minimum Gasteiger partial charge on any atom is -0.461 e. The fourth-order valence-electron chi connectivity index (χ4n) is 4.15. The number of nitrogens with one attached hydrogen (secondary N) is 1. The summed E-state index contributed by atoms with van der Waals surface area (Å²) in [6.07, 6.45) is 1.78. The van der Waals surface area contributed by atoms with Gasteiger partial charge in [0.1, 0.15) is 5.82 Å². The van der Waals surface area contributed by atoms with Gasteiger partial charge in [-0.25, -0.2) is 19.9 Å². The normalized spacial score (nSPS) is 11.1. The van der Waals surface area contributed by atoms with Gasteiger partial charge in [-0.3, -0.25) is 0 Å². The molecule has 3 heterocycles. The number of carbonyl (C=O) groups is 1. The molecule has 0 bridgehead atoms. The van der Waals surface area contributed by atoms with E-state index in [0.717, 1.165) is 46.4 Å². The molecular formula is C26H25N7O2. The first-order valence-corrected chi connectivity index (χ1v) is 11.6. The van der Waals surface area contributed by atoms with Gasteiger partial charge in [0.05, 0.1) is 12.1 Å². The molecule has 0 unspecified atom stereocenters. The van der Waals surface area contributed by atoms with Crippen molar-refractivity contribution in [3.05, 3.63) is 77.7 Å². The number of nitrogens with zero attached hydrogens (tertiary/aromatic N) is 6. The fraction of sp³-hybridized carbons (Fsp3) is 0.231. The molecule has 1 N–H and O–H groups in total. The van der Waals surface area contributed by atoms with Crippen molar-refractivity contribution in [2.45, 2.75) is 33.2 Å². The fourth-order valence-corrected chi connectivity index (χ4v) is 4.15. The van der Waals surface area contributed by atoms with Crippen molar-refractivity contribution in [2.24, 2.45) is 0 Å². The number of aromatic amines is 1. The minimum atomic E-state index is -0.432. The number of pyridine rings is 1. The van der Waals surface area contributed by atoms with Crippen molar-refractivity contribution in [1.82, 2.24) is 35.2 Å². The van der Waals surface area contributed by atoms with Crippen LogP contribution in [0.4, 0.5) is 0 Å². The number of H-pyrrole nitrogens is 1. The van der Waals surface area contributed by atoms with E-state index in [0.29, 0.717) is 24.6 Å². The van der Waals surface area contributed by atoms with Gasteiger partial charge >= 0.3 is 5.97 Å². The van der Waals surface area contributed by atoms with E-state index in [1.165, 1.54) is 0 Å². The Bertz CT molecular complexity index is 1460. The Balaban J connectivity index is 1.46. The molecule has 9 nitrogen and oxygen atoms in total. The average Bonchev–Trinajstić information content (AvgIpc) is 3.53. The summed E-state index contributed by atoms with van der Waals surface area (Å²) < 4.78 is 7.26. The predicted octanol–water partition coefficient (Wildman–Crippen LogP) is 4.46. The van der Waals surface area contributed by atoms with Gasteiger partial charge in [0, 0.05) is 18.5 Å². The van der Waals surface area contributed by atoms with Crippen molar-refractivity contribution in [2.75, 3.05) is 6.61 Å². The van der Waals surface area contributed by atoms with Gasteiger partial charge in [0.15, 0.2) is 17.2 Å². The summed E-state index contributed by atoms with van der Waals surface area (Å²) in [4.78, 5) is 21.3. The van der Waals surface area contributed by atoms with Crippen LogP contribution in [0.15, 0.2) is 60.7 Å². The summed E-state index contributed by atoms with van der Waals surface area (Å²) in [6.45, 7) is 4.86. The lowest BCUT2D eigenvalue weighted by Gasteiger charge is -2.11. The first-order valence-electron chi connectivity index (χ1n) is 11.6. The monoisotopic (exact) mass is 467 g/mol. The topological polar surface area (TPSA) is 111 Å². The molecule has 3 aromatic heterocycles. The van der Waals surface area contributed by atoms with Crippen LogP contribution in [0.1, 0.15) is 42.1 Å². The van der Waals surface area contributed by atoms with Gasteiger partial charge in [-0.05, 0) is 52.6 Å². The van der Waals surface area contributed by atoms with Crippen LogP contribution in [0, 0.1) is 0 Å². The van der Waals surface area contributed by atoms with E-state index in [9.17, 15) is 4.79 Å². The number of tetrazole rings is 1. The highest BCUT2D eigenvalue weighted by molar-refractivity contribution is 5.89.